The van der Waals surface area contributed by atoms with E-state index in [4.69, 9.17) is 10.5 Å². The van der Waals surface area contributed by atoms with E-state index in [2.05, 4.69) is 10.3 Å². The van der Waals surface area contributed by atoms with Gasteiger partial charge in [0, 0.05) is 31.4 Å². The Hall–Kier alpha value is -2.05. The van der Waals surface area contributed by atoms with Crippen molar-refractivity contribution in [3.63, 3.8) is 0 Å². The molecule has 1 rings (SSSR count). The fraction of sp³-hybridized carbons (Fsp3) is 0.667. The maximum Gasteiger partial charge on any atom is 0.407 e. The first-order valence-corrected chi connectivity index (χ1v) is 7.27. The number of hydrogen-bond acceptors (Lipinski definition) is 4. The number of nitrogens with zero attached hydrogens (tertiary/aromatic N) is 2. The van der Waals surface area contributed by atoms with Crippen molar-refractivity contribution in [3.05, 3.63) is 18.2 Å². The van der Waals surface area contributed by atoms with E-state index >= 15 is 0 Å². The average molecular weight is 310 g/mol. The van der Waals surface area contributed by atoms with E-state index in [1.54, 1.807) is 26.4 Å². The summed E-state index contributed by atoms with van der Waals surface area (Å²) >= 11 is 0. The molecular weight excluding hydrogens is 284 g/mol. The number of carbonyl (C=O) groups is 2. The van der Waals surface area contributed by atoms with Gasteiger partial charge in [-0.15, -0.1) is 0 Å². The third-order valence-corrected chi connectivity index (χ3v) is 3.08. The smallest absolute Gasteiger partial charge is 0.407 e. The number of aromatic nitrogens is 2. The minimum atomic E-state index is -0.659. The first-order valence-electron chi connectivity index (χ1n) is 7.27. The van der Waals surface area contributed by atoms with E-state index in [9.17, 15) is 9.59 Å². The summed E-state index contributed by atoms with van der Waals surface area (Å²) in [6.45, 7) is 9.90. The Balaban J connectivity index is 2.53. The maximum atomic E-state index is 11.6. The summed E-state index contributed by atoms with van der Waals surface area (Å²) in [6, 6.07) is 0. The molecule has 1 heterocycles. The molecule has 124 valence electrons. The average Bonchev–Trinajstić information content (AvgIpc) is 2.73. The third-order valence-electron chi connectivity index (χ3n) is 3.08. The summed E-state index contributed by atoms with van der Waals surface area (Å²) in [5, 5.41) is 2.70. The predicted molar refractivity (Wildman–Crippen MR) is 83.1 cm³/mol. The first-order chi connectivity index (χ1) is 10.0. The Bertz CT molecular complexity index is 529. The fourth-order valence-electron chi connectivity index (χ4n) is 1.81. The monoisotopic (exact) mass is 310 g/mol. The van der Waals surface area contributed by atoms with Gasteiger partial charge >= 0.3 is 6.09 Å². The number of ether oxygens (including phenoxy) is 1. The number of alkyl carbamates (subject to hydrolysis) is 1. The lowest BCUT2D eigenvalue weighted by Crippen LogP contribution is -2.36. The van der Waals surface area contributed by atoms with E-state index in [-0.39, 0.29) is 5.91 Å². The molecule has 0 aliphatic heterocycles. The van der Waals surface area contributed by atoms with E-state index < -0.39 is 17.1 Å². The van der Waals surface area contributed by atoms with Gasteiger partial charge in [-0.25, -0.2) is 9.78 Å². The molecule has 0 fully saturated rings. The molecule has 0 unspecified atom stereocenters. The minimum Gasteiger partial charge on any atom is -0.444 e. The molecule has 2 amide bonds. The molecule has 1 aromatic heterocycles. The van der Waals surface area contributed by atoms with Crippen LogP contribution in [0.1, 0.15) is 40.3 Å². The first kappa shape index (κ1) is 18.0. The molecule has 0 spiro atoms. The van der Waals surface area contributed by atoms with E-state index in [0.717, 1.165) is 5.69 Å². The molecule has 0 bridgehead atoms. The van der Waals surface area contributed by atoms with Gasteiger partial charge in [-0.2, -0.15) is 0 Å². The van der Waals surface area contributed by atoms with Gasteiger partial charge in [0.15, 0.2) is 0 Å². The van der Waals surface area contributed by atoms with Crippen molar-refractivity contribution in [2.45, 2.75) is 53.2 Å². The number of amides is 2. The molecular formula is C15H26N4O3. The summed E-state index contributed by atoms with van der Waals surface area (Å²) in [6.07, 6.45) is 3.52. The quantitative estimate of drug-likeness (QED) is 0.831. The van der Waals surface area contributed by atoms with Crippen LogP contribution in [0.3, 0.4) is 0 Å². The molecule has 7 heteroatoms. The van der Waals surface area contributed by atoms with Gasteiger partial charge in [-0.1, -0.05) is 0 Å². The number of nitrogens with two attached hydrogens (primary N) is 1. The van der Waals surface area contributed by atoms with Crippen molar-refractivity contribution in [1.82, 2.24) is 14.9 Å². The van der Waals surface area contributed by atoms with Crippen molar-refractivity contribution < 1.29 is 14.3 Å². The number of nitrogens with one attached hydrogen (secondary N) is 1. The normalized spacial score (nSPS) is 12.0. The Labute approximate surface area is 131 Å². The van der Waals surface area contributed by atoms with Crippen LogP contribution >= 0.6 is 0 Å². The highest BCUT2D eigenvalue weighted by Crippen LogP contribution is 2.18. The van der Waals surface area contributed by atoms with Gasteiger partial charge in [0.2, 0.25) is 5.91 Å². The van der Waals surface area contributed by atoms with Gasteiger partial charge in [0.1, 0.15) is 5.60 Å². The standard InChI is InChI=1S/C15H26N4O3/c1-14(2,3)22-13(21)18-7-6-11-8-17-10-19(11)9-15(4,5)12(16)20/h8,10H,6-7,9H2,1-5H3,(H2,16,20)(H,18,21). The van der Waals surface area contributed by atoms with E-state index in [1.807, 2.05) is 25.3 Å². The molecule has 0 saturated heterocycles. The Morgan fingerprint density at radius 3 is 2.50 bits per heavy atom. The summed E-state index contributed by atoms with van der Waals surface area (Å²) in [4.78, 5) is 27.1. The number of primary amides is 1. The second-order valence-electron chi connectivity index (χ2n) is 6.94. The molecule has 0 radical (unpaired) electrons. The van der Waals surface area contributed by atoms with Crippen LogP contribution in [0.15, 0.2) is 12.5 Å². The number of carbonyl (C=O) groups excluding carboxylic acids is 2. The van der Waals surface area contributed by atoms with Crippen molar-refractivity contribution >= 4 is 12.0 Å². The summed E-state index contributed by atoms with van der Waals surface area (Å²) in [7, 11) is 0. The van der Waals surface area contributed by atoms with Crippen LogP contribution in [-0.2, 0) is 22.5 Å². The lowest BCUT2D eigenvalue weighted by atomic mass is 9.92. The molecule has 0 saturated carbocycles. The maximum absolute atomic E-state index is 11.6. The number of imidazole rings is 1. The second kappa shape index (κ2) is 6.81. The highest BCUT2D eigenvalue weighted by Gasteiger charge is 2.26. The van der Waals surface area contributed by atoms with Crippen LogP contribution in [0.4, 0.5) is 4.79 Å². The number of hydrogen-bond donors (Lipinski definition) is 2. The van der Waals surface area contributed by atoms with Crippen LogP contribution in [0.5, 0.6) is 0 Å². The lowest BCUT2D eigenvalue weighted by molar-refractivity contribution is -0.126. The summed E-state index contributed by atoms with van der Waals surface area (Å²) in [5.74, 6) is -0.362. The predicted octanol–water partition coefficient (Wildman–Crippen LogP) is 1.46. The molecule has 0 aliphatic rings. The summed E-state index contributed by atoms with van der Waals surface area (Å²) in [5.41, 5.74) is 5.14. The van der Waals surface area contributed by atoms with Gasteiger partial charge in [0.25, 0.3) is 0 Å². The Morgan fingerprint density at radius 1 is 1.32 bits per heavy atom. The highest BCUT2D eigenvalue weighted by atomic mass is 16.6. The Morgan fingerprint density at radius 2 is 1.95 bits per heavy atom. The van der Waals surface area contributed by atoms with E-state index in [0.29, 0.717) is 19.5 Å². The fourth-order valence-corrected chi connectivity index (χ4v) is 1.81. The van der Waals surface area contributed by atoms with Crippen LogP contribution in [0.25, 0.3) is 0 Å². The SMILES string of the molecule is CC(C)(C)OC(=O)NCCc1cncn1CC(C)(C)C(N)=O. The largest absolute Gasteiger partial charge is 0.444 e. The number of rotatable bonds is 6. The zero-order chi connectivity index (χ0) is 17.0. The van der Waals surface area contributed by atoms with Gasteiger partial charge < -0.3 is 20.4 Å². The van der Waals surface area contributed by atoms with Crippen molar-refractivity contribution in [3.8, 4) is 0 Å². The van der Waals surface area contributed by atoms with Crippen LogP contribution in [0.2, 0.25) is 0 Å². The van der Waals surface area contributed by atoms with Crippen LogP contribution < -0.4 is 11.1 Å². The van der Waals surface area contributed by atoms with Crippen molar-refractivity contribution in [2.24, 2.45) is 11.1 Å². The van der Waals surface area contributed by atoms with Gasteiger partial charge in [-0.3, -0.25) is 4.79 Å². The molecule has 1 aromatic rings. The second-order valence-corrected chi connectivity index (χ2v) is 6.94. The zero-order valence-electron chi connectivity index (χ0n) is 14.0. The molecule has 0 aliphatic carbocycles. The third kappa shape index (κ3) is 5.75. The molecule has 0 aromatic carbocycles. The molecule has 22 heavy (non-hydrogen) atoms. The molecule has 3 N–H and O–H groups in total. The molecule has 0 atom stereocenters. The van der Waals surface area contributed by atoms with Crippen LogP contribution in [0, 0.1) is 5.41 Å². The highest BCUT2D eigenvalue weighted by molar-refractivity contribution is 5.79. The van der Waals surface area contributed by atoms with Gasteiger partial charge in [0.05, 0.1) is 11.7 Å². The topological polar surface area (TPSA) is 99.2 Å². The van der Waals surface area contributed by atoms with Crippen molar-refractivity contribution in [2.75, 3.05) is 6.54 Å². The van der Waals surface area contributed by atoms with E-state index in [1.165, 1.54) is 0 Å². The molecule has 7 nitrogen and oxygen atoms in total. The zero-order valence-corrected chi connectivity index (χ0v) is 14.0. The Kier molecular flexibility index (Phi) is 5.57. The van der Waals surface area contributed by atoms with Gasteiger partial charge in [-0.05, 0) is 34.6 Å². The van der Waals surface area contributed by atoms with Crippen molar-refractivity contribution in [1.29, 1.82) is 0 Å². The summed E-state index contributed by atoms with van der Waals surface area (Å²) < 4.78 is 7.04. The lowest BCUT2D eigenvalue weighted by Gasteiger charge is -2.22. The minimum absolute atomic E-state index is 0.362. The van der Waals surface area contributed by atoms with Crippen LogP contribution in [-0.4, -0.2) is 33.7 Å².